The van der Waals surface area contributed by atoms with Crippen molar-refractivity contribution >= 4 is 11.5 Å². The Hall–Kier alpha value is -3.18. The van der Waals surface area contributed by atoms with E-state index in [9.17, 15) is 10.1 Å². The molecule has 0 saturated carbocycles. The van der Waals surface area contributed by atoms with E-state index in [4.69, 9.17) is 10.00 Å². The summed E-state index contributed by atoms with van der Waals surface area (Å²) in [5.74, 6) is 1.25. The van der Waals surface area contributed by atoms with E-state index in [1.54, 1.807) is 13.2 Å². The number of anilines is 1. The van der Waals surface area contributed by atoms with Gasteiger partial charge in [0.2, 0.25) is 5.69 Å². The van der Waals surface area contributed by atoms with E-state index in [0.29, 0.717) is 12.4 Å². The first kappa shape index (κ1) is 18.6. The Kier molecular flexibility index (Phi) is 5.84. The summed E-state index contributed by atoms with van der Waals surface area (Å²) in [5, 5.41) is 23.3. The molecular formula is C19H21N5O3. The van der Waals surface area contributed by atoms with E-state index in [-0.39, 0.29) is 17.4 Å². The van der Waals surface area contributed by atoms with Crippen LogP contribution in [0.25, 0.3) is 0 Å². The lowest BCUT2D eigenvalue weighted by atomic mass is 10.0. The van der Waals surface area contributed by atoms with Crippen LogP contribution in [0.5, 0.6) is 5.75 Å². The van der Waals surface area contributed by atoms with Crippen LogP contribution in [0.2, 0.25) is 0 Å². The SMILES string of the molecule is COc1cccc(C(CNc2ccc([N+](=O)[O-])c(C#N)n2)N2CCCC2)c1. The van der Waals surface area contributed by atoms with Crippen LogP contribution in [0.3, 0.4) is 0 Å². The third-order valence-electron chi connectivity index (χ3n) is 4.71. The third kappa shape index (κ3) is 4.33. The minimum atomic E-state index is -0.599. The molecule has 0 spiro atoms. The van der Waals surface area contributed by atoms with Crippen molar-refractivity contribution in [3.63, 3.8) is 0 Å². The average molecular weight is 367 g/mol. The fourth-order valence-corrected chi connectivity index (χ4v) is 3.34. The molecule has 1 unspecified atom stereocenters. The molecule has 1 aromatic heterocycles. The molecule has 8 heteroatoms. The highest BCUT2D eigenvalue weighted by Gasteiger charge is 2.24. The fourth-order valence-electron chi connectivity index (χ4n) is 3.34. The van der Waals surface area contributed by atoms with Crippen molar-refractivity contribution in [2.45, 2.75) is 18.9 Å². The van der Waals surface area contributed by atoms with E-state index >= 15 is 0 Å². The number of methoxy groups -OCH3 is 1. The number of ether oxygens (including phenoxy) is 1. The second-order valence-corrected chi connectivity index (χ2v) is 6.35. The molecule has 0 aliphatic carbocycles. The predicted octanol–water partition coefficient (Wildman–Crippen LogP) is 3.12. The number of nitrogens with one attached hydrogen (secondary N) is 1. The lowest BCUT2D eigenvalue weighted by Crippen LogP contribution is -2.31. The van der Waals surface area contributed by atoms with E-state index in [1.807, 2.05) is 18.2 Å². The molecule has 1 saturated heterocycles. The Balaban J connectivity index is 1.81. The van der Waals surface area contributed by atoms with Crippen molar-refractivity contribution in [3.8, 4) is 11.8 Å². The summed E-state index contributed by atoms with van der Waals surface area (Å²) >= 11 is 0. The molecule has 140 valence electrons. The van der Waals surface area contributed by atoms with Gasteiger partial charge in [0.1, 0.15) is 17.6 Å². The number of rotatable bonds is 7. The van der Waals surface area contributed by atoms with Crippen molar-refractivity contribution in [2.75, 3.05) is 32.1 Å². The van der Waals surface area contributed by atoms with Crippen molar-refractivity contribution in [2.24, 2.45) is 0 Å². The Labute approximate surface area is 157 Å². The number of hydrogen-bond donors (Lipinski definition) is 1. The number of nitrogens with zero attached hydrogens (tertiary/aromatic N) is 4. The molecule has 1 fully saturated rings. The molecule has 1 aromatic carbocycles. The Morgan fingerprint density at radius 3 is 2.81 bits per heavy atom. The average Bonchev–Trinajstić information content (AvgIpc) is 3.22. The summed E-state index contributed by atoms with van der Waals surface area (Å²) in [5.41, 5.74) is 0.655. The molecule has 0 radical (unpaired) electrons. The highest BCUT2D eigenvalue weighted by atomic mass is 16.6. The number of nitro groups is 1. The van der Waals surface area contributed by atoms with Gasteiger partial charge >= 0.3 is 5.69 Å². The van der Waals surface area contributed by atoms with Crippen LogP contribution in [0.4, 0.5) is 11.5 Å². The highest BCUT2D eigenvalue weighted by molar-refractivity contribution is 5.50. The standard InChI is InChI=1S/C19H21N5O3/c1-27-15-6-4-5-14(11-15)18(23-9-2-3-10-23)13-21-19-8-7-17(24(25)26)16(12-20)22-19/h4-8,11,18H,2-3,9-10,13H2,1H3,(H,21,22). The van der Waals surface area contributed by atoms with Gasteiger partial charge in [-0.1, -0.05) is 12.1 Å². The summed E-state index contributed by atoms with van der Waals surface area (Å²) in [7, 11) is 1.65. The van der Waals surface area contributed by atoms with Crippen LogP contribution in [0, 0.1) is 21.4 Å². The van der Waals surface area contributed by atoms with Crippen LogP contribution in [-0.4, -0.2) is 41.6 Å². The van der Waals surface area contributed by atoms with Gasteiger partial charge in [0.05, 0.1) is 18.1 Å². The van der Waals surface area contributed by atoms with Gasteiger partial charge in [0.25, 0.3) is 0 Å². The number of hydrogen-bond acceptors (Lipinski definition) is 7. The molecule has 27 heavy (non-hydrogen) atoms. The van der Waals surface area contributed by atoms with Crippen LogP contribution < -0.4 is 10.1 Å². The molecular weight excluding hydrogens is 346 g/mol. The lowest BCUT2D eigenvalue weighted by Gasteiger charge is -2.28. The number of pyridine rings is 1. The van der Waals surface area contributed by atoms with Crippen molar-refractivity contribution < 1.29 is 9.66 Å². The summed E-state index contributed by atoms with van der Waals surface area (Å²) in [6.45, 7) is 2.60. The zero-order valence-corrected chi connectivity index (χ0v) is 15.1. The monoisotopic (exact) mass is 367 g/mol. The molecule has 2 heterocycles. The van der Waals surface area contributed by atoms with Gasteiger partial charge in [-0.05, 0) is 49.7 Å². The molecule has 1 N–H and O–H groups in total. The molecule has 1 aliphatic heterocycles. The second kappa shape index (κ2) is 8.47. The summed E-state index contributed by atoms with van der Waals surface area (Å²) in [6, 6.07) is 12.7. The van der Waals surface area contributed by atoms with Gasteiger partial charge in [-0.15, -0.1) is 0 Å². The zero-order chi connectivity index (χ0) is 19.2. The van der Waals surface area contributed by atoms with Gasteiger partial charge in [0, 0.05) is 12.6 Å². The van der Waals surface area contributed by atoms with Gasteiger partial charge < -0.3 is 10.1 Å². The second-order valence-electron chi connectivity index (χ2n) is 6.35. The third-order valence-corrected chi connectivity index (χ3v) is 4.71. The van der Waals surface area contributed by atoms with E-state index in [0.717, 1.165) is 37.2 Å². The van der Waals surface area contributed by atoms with E-state index < -0.39 is 4.92 Å². The topological polar surface area (TPSA) is 104 Å². The quantitative estimate of drug-likeness (QED) is 0.592. The minimum absolute atomic E-state index is 0.116. The van der Waals surface area contributed by atoms with Crippen LogP contribution in [-0.2, 0) is 0 Å². The predicted molar refractivity (Wildman–Crippen MR) is 101 cm³/mol. The molecule has 0 amide bonds. The van der Waals surface area contributed by atoms with Gasteiger partial charge in [0.15, 0.2) is 0 Å². The molecule has 3 rings (SSSR count). The van der Waals surface area contributed by atoms with Crippen LogP contribution >= 0.6 is 0 Å². The maximum atomic E-state index is 11.0. The van der Waals surface area contributed by atoms with Crippen LogP contribution in [0.15, 0.2) is 36.4 Å². The molecule has 2 aromatic rings. The Bertz CT molecular complexity index is 859. The molecule has 1 aliphatic rings. The van der Waals surface area contributed by atoms with E-state index in [1.165, 1.54) is 12.1 Å². The normalized spacial score (nSPS) is 15.1. The first-order valence-corrected chi connectivity index (χ1v) is 8.80. The van der Waals surface area contributed by atoms with Crippen LogP contribution in [0.1, 0.15) is 30.1 Å². The Morgan fingerprint density at radius 2 is 2.15 bits per heavy atom. The van der Waals surface area contributed by atoms with Gasteiger partial charge in [-0.2, -0.15) is 5.26 Å². The van der Waals surface area contributed by atoms with Crippen molar-refractivity contribution in [3.05, 3.63) is 57.8 Å². The number of nitriles is 1. The van der Waals surface area contributed by atoms with Gasteiger partial charge in [-0.3, -0.25) is 15.0 Å². The first-order chi connectivity index (χ1) is 13.1. The largest absolute Gasteiger partial charge is 0.497 e. The fraction of sp³-hybridized carbons (Fsp3) is 0.368. The zero-order valence-electron chi connectivity index (χ0n) is 15.1. The number of aromatic nitrogens is 1. The maximum absolute atomic E-state index is 11.0. The van der Waals surface area contributed by atoms with E-state index in [2.05, 4.69) is 21.3 Å². The number of likely N-dealkylation sites (tertiary alicyclic amines) is 1. The summed E-state index contributed by atoms with van der Waals surface area (Å²) in [6.07, 6.45) is 2.32. The number of benzene rings is 1. The summed E-state index contributed by atoms with van der Waals surface area (Å²) in [4.78, 5) is 16.8. The smallest absolute Gasteiger partial charge is 0.305 e. The first-order valence-electron chi connectivity index (χ1n) is 8.80. The lowest BCUT2D eigenvalue weighted by molar-refractivity contribution is -0.385. The van der Waals surface area contributed by atoms with Crippen molar-refractivity contribution in [1.82, 2.24) is 9.88 Å². The maximum Gasteiger partial charge on any atom is 0.305 e. The molecule has 8 nitrogen and oxygen atoms in total. The summed E-state index contributed by atoms with van der Waals surface area (Å²) < 4.78 is 5.35. The van der Waals surface area contributed by atoms with Gasteiger partial charge in [-0.25, -0.2) is 4.98 Å². The molecule has 1 atom stereocenters. The van der Waals surface area contributed by atoms with Crippen molar-refractivity contribution in [1.29, 1.82) is 5.26 Å². The molecule has 0 bridgehead atoms. The Morgan fingerprint density at radius 1 is 1.37 bits per heavy atom. The minimum Gasteiger partial charge on any atom is -0.497 e. The highest BCUT2D eigenvalue weighted by Crippen LogP contribution is 2.28.